The van der Waals surface area contributed by atoms with Crippen LogP contribution in [-0.4, -0.2) is 79.9 Å². The zero-order valence-corrected chi connectivity index (χ0v) is 17.4. The Kier molecular flexibility index (Phi) is 7.01. The summed E-state index contributed by atoms with van der Waals surface area (Å²) in [5, 5.41) is 23.3. The van der Waals surface area contributed by atoms with Crippen LogP contribution < -0.4 is 11.1 Å². The third-order valence-electron chi connectivity index (χ3n) is 4.49. The van der Waals surface area contributed by atoms with Gasteiger partial charge in [-0.1, -0.05) is 0 Å². The highest BCUT2D eigenvalue weighted by atomic mass is 31.2. The van der Waals surface area contributed by atoms with Crippen molar-refractivity contribution in [1.29, 1.82) is 0 Å². The van der Waals surface area contributed by atoms with Crippen molar-refractivity contribution in [2.75, 3.05) is 31.7 Å². The van der Waals surface area contributed by atoms with Crippen LogP contribution in [0.15, 0.2) is 12.7 Å². The number of carbonyl (C=O) groups is 1. The Balaban J connectivity index is 1.65. The lowest BCUT2D eigenvalue weighted by atomic mass is 10.1. The van der Waals surface area contributed by atoms with Gasteiger partial charge in [0, 0.05) is 6.54 Å². The lowest BCUT2D eigenvalue weighted by molar-refractivity contribution is -0.120. The second kappa shape index (κ2) is 9.33. The number of anilines is 1. The summed E-state index contributed by atoms with van der Waals surface area (Å²) in [4.78, 5) is 24.2. The van der Waals surface area contributed by atoms with E-state index < -0.39 is 44.2 Å². The van der Waals surface area contributed by atoms with Gasteiger partial charge in [-0.3, -0.25) is 13.9 Å². The fraction of sp³-hybridized carbons (Fsp3) is 0.625. The van der Waals surface area contributed by atoms with Crippen molar-refractivity contribution >= 4 is 30.5 Å². The summed E-state index contributed by atoms with van der Waals surface area (Å²) in [7, 11) is -3.55. The van der Waals surface area contributed by atoms with Crippen LogP contribution in [-0.2, 0) is 23.1 Å². The highest BCUT2D eigenvalue weighted by Gasteiger charge is 2.44. The molecule has 5 N–H and O–H groups in total. The molecule has 0 saturated carbocycles. The zero-order valence-electron chi connectivity index (χ0n) is 16.5. The maximum absolute atomic E-state index is 12.4. The number of hydrogen-bond donors (Lipinski definition) is 4. The molecule has 2 aromatic heterocycles. The maximum Gasteiger partial charge on any atom is 0.340 e. The molecule has 0 aliphatic carbocycles. The molecule has 0 spiro atoms. The Morgan fingerprint density at radius 3 is 2.63 bits per heavy atom. The van der Waals surface area contributed by atoms with Crippen LogP contribution >= 0.6 is 7.60 Å². The second-order valence-electron chi connectivity index (χ2n) is 6.54. The van der Waals surface area contributed by atoms with Gasteiger partial charge in [-0.25, -0.2) is 15.0 Å². The summed E-state index contributed by atoms with van der Waals surface area (Å²) in [6.07, 6.45) is -2.37. The van der Waals surface area contributed by atoms with Gasteiger partial charge in [0.1, 0.15) is 36.3 Å². The molecule has 0 radical (unpaired) electrons. The fourth-order valence-electron chi connectivity index (χ4n) is 3.15. The standard InChI is InChI=1S/C16H25N6O7P/c1-3-27-30(26,28-4-2)6-10(23)18-5-9-12(24)13(25)16(29-9)22-8-21-11-14(17)19-7-20-15(11)22/h7-9,12-13,16,24-25H,3-6H2,1-2H3,(H,18,23)(H2,17,19,20)/t9-,12-,13-,16-/m1/s1. The molecule has 2 aromatic rings. The maximum atomic E-state index is 12.4. The third kappa shape index (κ3) is 4.61. The molecule has 1 fully saturated rings. The molecule has 166 valence electrons. The highest BCUT2D eigenvalue weighted by Crippen LogP contribution is 2.47. The van der Waals surface area contributed by atoms with E-state index in [1.807, 2.05) is 0 Å². The van der Waals surface area contributed by atoms with Gasteiger partial charge in [0.25, 0.3) is 0 Å². The summed E-state index contributed by atoms with van der Waals surface area (Å²) in [6.45, 7) is 3.43. The van der Waals surface area contributed by atoms with Crippen molar-refractivity contribution in [3.8, 4) is 0 Å². The number of aliphatic hydroxyl groups excluding tert-OH is 2. The molecule has 14 heteroatoms. The molecule has 1 aliphatic rings. The first-order chi connectivity index (χ1) is 14.3. The van der Waals surface area contributed by atoms with E-state index in [2.05, 4.69) is 20.3 Å². The van der Waals surface area contributed by atoms with Gasteiger partial charge < -0.3 is 35.0 Å². The van der Waals surface area contributed by atoms with Gasteiger partial charge in [0.15, 0.2) is 17.7 Å². The average molecular weight is 444 g/mol. The molecular formula is C16H25N6O7P. The molecule has 1 saturated heterocycles. The van der Waals surface area contributed by atoms with E-state index in [9.17, 15) is 19.6 Å². The number of imidazole rings is 1. The Morgan fingerprint density at radius 1 is 1.27 bits per heavy atom. The van der Waals surface area contributed by atoms with E-state index in [0.29, 0.717) is 11.2 Å². The Hall–Kier alpha value is -2.15. The molecular weight excluding hydrogens is 419 g/mol. The van der Waals surface area contributed by atoms with Crippen molar-refractivity contribution < 1.29 is 33.4 Å². The third-order valence-corrected chi connectivity index (χ3v) is 6.47. The number of amides is 1. The van der Waals surface area contributed by atoms with E-state index in [4.69, 9.17) is 19.5 Å². The van der Waals surface area contributed by atoms with Gasteiger partial charge >= 0.3 is 7.60 Å². The molecule has 0 unspecified atom stereocenters. The number of nitrogens with zero attached hydrogens (tertiary/aromatic N) is 4. The molecule has 4 atom stereocenters. The topological polar surface area (TPSA) is 184 Å². The smallest absolute Gasteiger partial charge is 0.340 e. The van der Waals surface area contributed by atoms with Crippen LogP contribution in [0.4, 0.5) is 5.82 Å². The number of nitrogens with one attached hydrogen (secondary N) is 1. The number of aliphatic hydroxyl groups is 2. The van der Waals surface area contributed by atoms with E-state index in [0.717, 1.165) is 0 Å². The van der Waals surface area contributed by atoms with Crippen molar-refractivity contribution in [3.63, 3.8) is 0 Å². The molecule has 0 bridgehead atoms. The largest absolute Gasteiger partial charge is 0.387 e. The fourth-order valence-corrected chi connectivity index (χ4v) is 4.66. The Bertz CT molecular complexity index is 930. The molecule has 0 aromatic carbocycles. The van der Waals surface area contributed by atoms with Gasteiger partial charge in [0.05, 0.1) is 19.5 Å². The van der Waals surface area contributed by atoms with Gasteiger partial charge in [0.2, 0.25) is 5.91 Å². The van der Waals surface area contributed by atoms with Crippen LogP contribution in [0.25, 0.3) is 11.2 Å². The quantitative estimate of drug-likeness (QED) is 0.362. The van der Waals surface area contributed by atoms with Crippen LogP contribution in [0, 0.1) is 0 Å². The minimum atomic E-state index is -3.55. The first-order valence-corrected chi connectivity index (χ1v) is 11.1. The average Bonchev–Trinajstić information content (AvgIpc) is 3.23. The molecule has 1 aliphatic heterocycles. The molecule has 3 heterocycles. The predicted octanol–water partition coefficient (Wildman–Crippen LogP) is -0.590. The number of carbonyl (C=O) groups excluding carboxylic acids is 1. The zero-order chi connectivity index (χ0) is 21.9. The molecule has 1 amide bonds. The van der Waals surface area contributed by atoms with Gasteiger partial charge in [-0.2, -0.15) is 0 Å². The van der Waals surface area contributed by atoms with Crippen LogP contribution in [0.5, 0.6) is 0 Å². The first kappa shape index (κ1) is 22.5. The second-order valence-corrected chi connectivity index (χ2v) is 8.59. The predicted molar refractivity (Wildman–Crippen MR) is 104 cm³/mol. The highest BCUT2D eigenvalue weighted by molar-refractivity contribution is 7.54. The molecule has 13 nitrogen and oxygen atoms in total. The van der Waals surface area contributed by atoms with E-state index in [1.165, 1.54) is 17.2 Å². The number of nitrogen functional groups attached to an aromatic ring is 1. The van der Waals surface area contributed by atoms with Crippen molar-refractivity contribution in [1.82, 2.24) is 24.8 Å². The molecule has 30 heavy (non-hydrogen) atoms. The monoisotopic (exact) mass is 444 g/mol. The lowest BCUT2D eigenvalue weighted by Gasteiger charge is -2.18. The SMILES string of the molecule is CCOP(=O)(CC(=O)NC[C@H]1O[C@@H](n2cnc3c(N)ncnc32)[C@H](O)[C@@H]1O)OCC. The normalized spacial score (nSPS) is 24.4. The Labute approximate surface area is 172 Å². The number of fused-ring (bicyclic) bond motifs is 1. The minimum absolute atomic E-state index is 0.129. The van der Waals surface area contributed by atoms with Crippen molar-refractivity contribution in [3.05, 3.63) is 12.7 Å². The number of aromatic nitrogens is 4. The lowest BCUT2D eigenvalue weighted by Crippen LogP contribution is -2.40. The van der Waals surface area contributed by atoms with Crippen LogP contribution in [0.3, 0.4) is 0 Å². The number of ether oxygens (including phenoxy) is 1. The van der Waals surface area contributed by atoms with E-state index in [1.54, 1.807) is 13.8 Å². The van der Waals surface area contributed by atoms with Crippen molar-refractivity contribution in [2.24, 2.45) is 0 Å². The van der Waals surface area contributed by atoms with Crippen LogP contribution in [0.2, 0.25) is 0 Å². The summed E-state index contributed by atoms with van der Waals surface area (Å²) in [5.74, 6) is -0.425. The summed E-state index contributed by atoms with van der Waals surface area (Å²) < 4.78 is 29.8. The molecule has 3 rings (SSSR count). The van der Waals surface area contributed by atoms with Gasteiger partial charge in [-0.05, 0) is 13.8 Å². The number of rotatable bonds is 9. The summed E-state index contributed by atoms with van der Waals surface area (Å²) >= 11 is 0. The van der Waals surface area contributed by atoms with Crippen molar-refractivity contribution in [2.45, 2.75) is 38.4 Å². The number of hydrogen-bond acceptors (Lipinski definition) is 11. The summed E-state index contributed by atoms with van der Waals surface area (Å²) in [5.41, 5.74) is 6.43. The van der Waals surface area contributed by atoms with E-state index in [-0.39, 0.29) is 25.6 Å². The van der Waals surface area contributed by atoms with E-state index >= 15 is 0 Å². The van der Waals surface area contributed by atoms with Gasteiger partial charge in [-0.15, -0.1) is 0 Å². The first-order valence-electron chi connectivity index (χ1n) is 9.39. The van der Waals surface area contributed by atoms with Crippen LogP contribution in [0.1, 0.15) is 20.1 Å². The number of nitrogens with two attached hydrogens (primary N) is 1. The Morgan fingerprint density at radius 2 is 1.97 bits per heavy atom. The summed E-state index contributed by atoms with van der Waals surface area (Å²) in [6, 6.07) is 0. The minimum Gasteiger partial charge on any atom is -0.387 e.